The van der Waals surface area contributed by atoms with Gasteiger partial charge in [-0.3, -0.25) is 0 Å². The van der Waals surface area contributed by atoms with Crippen molar-refractivity contribution in [2.24, 2.45) is 0 Å². The molecule has 2 rings (SSSR count). The van der Waals surface area contributed by atoms with Gasteiger partial charge in [-0.1, -0.05) is 41.9 Å². The third-order valence-corrected chi connectivity index (χ3v) is 3.07. The summed E-state index contributed by atoms with van der Waals surface area (Å²) in [6.07, 6.45) is 0. The Hall–Kier alpha value is -1.42. The molecule has 0 radical (unpaired) electrons. The summed E-state index contributed by atoms with van der Waals surface area (Å²) in [4.78, 5) is 0. The molecule has 2 aromatic rings. The Labute approximate surface area is 116 Å². The summed E-state index contributed by atoms with van der Waals surface area (Å²) in [7, 11) is 0. The van der Waals surface area contributed by atoms with Crippen LogP contribution in [0.1, 0.15) is 16.7 Å². The SMILES string of the molecule is OCc1cccc(CNCc2ccc(Cl)cc2F)c1. The van der Waals surface area contributed by atoms with E-state index in [2.05, 4.69) is 5.32 Å². The molecule has 2 nitrogen and oxygen atoms in total. The van der Waals surface area contributed by atoms with Crippen LogP contribution in [0, 0.1) is 5.82 Å². The summed E-state index contributed by atoms with van der Waals surface area (Å²) in [5.41, 5.74) is 2.51. The predicted octanol–water partition coefficient (Wildman–Crippen LogP) is 3.26. The molecule has 0 saturated carbocycles. The Balaban J connectivity index is 1.92. The topological polar surface area (TPSA) is 32.3 Å². The van der Waals surface area contributed by atoms with E-state index in [0.29, 0.717) is 23.7 Å². The van der Waals surface area contributed by atoms with Gasteiger partial charge in [0.15, 0.2) is 0 Å². The Bertz CT molecular complexity index is 560. The van der Waals surface area contributed by atoms with Crippen molar-refractivity contribution in [3.63, 3.8) is 0 Å². The molecule has 0 unspecified atom stereocenters. The van der Waals surface area contributed by atoms with Crippen molar-refractivity contribution in [2.45, 2.75) is 19.7 Å². The fourth-order valence-electron chi connectivity index (χ4n) is 1.84. The van der Waals surface area contributed by atoms with E-state index in [-0.39, 0.29) is 12.4 Å². The number of aliphatic hydroxyl groups is 1. The van der Waals surface area contributed by atoms with Crippen LogP contribution in [0.3, 0.4) is 0 Å². The Morgan fingerprint density at radius 1 is 1.05 bits per heavy atom. The highest BCUT2D eigenvalue weighted by atomic mass is 35.5. The van der Waals surface area contributed by atoms with Crippen LogP contribution in [-0.2, 0) is 19.7 Å². The fourth-order valence-corrected chi connectivity index (χ4v) is 2.00. The number of rotatable bonds is 5. The number of aliphatic hydroxyl groups excluding tert-OH is 1. The summed E-state index contributed by atoms with van der Waals surface area (Å²) in [6.45, 7) is 1.09. The summed E-state index contributed by atoms with van der Waals surface area (Å²) < 4.78 is 13.5. The van der Waals surface area contributed by atoms with E-state index in [4.69, 9.17) is 16.7 Å². The van der Waals surface area contributed by atoms with Crippen molar-refractivity contribution in [1.82, 2.24) is 5.32 Å². The lowest BCUT2D eigenvalue weighted by Crippen LogP contribution is -2.13. The maximum Gasteiger partial charge on any atom is 0.129 e. The predicted molar refractivity (Wildman–Crippen MR) is 74.3 cm³/mol. The van der Waals surface area contributed by atoms with E-state index in [1.165, 1.54) is 6.07 Å². The summed E-state index contributed by atoms with van der Waals surface area (Å²) >= 11 is 5.70. The molecular weight excluding hydrogens is 265 g/mol. The lowest BCUT2D eigenvalue weighted by molar-refractivity contribution is 0.281. The van der Waals surface area contributed by atoms with Crippen LogP contribution in [0.15, 0.2) is 42.5 Å². The number of nitrogens with one attached hydrogen (secondary N) is 1. The Morgan fingerprint density at radius 2 is 1.84 bits per heavy atom. The highest BCUT2D eigenvalue weighted by Crippen LogP contribution is 2.14. The standard InChI is InChI=1S/C15H15ClFNO/c16-14-5-4-13(15(17)7-14)9-18-8-11-2-1-3-12(6-11)10-19/h1-7,18-19H,8-10H2. The van der Waals surface area contributed by atoms with Crippen molar-refractivity contribution in [3.05, 3.63) is 70.0 Å². The lowest BCUT2D eigenvalue weighted by atomic mass is 10.1. The largest absolute Gasteiger partial charge is 0.392 e. The first-order valence-electron chi connectivity index (χ1n) is 6.02. The van der Waals surface area contributed by atoms with Crippen LogP contribution in [0.5, 0.6) is 0 Å². The number of halogens is 2. The maximum absolute atomic E-state index is 13.5. The average Bonchev–Trinajstić information content (AvgIpc) is 2.41. The van der Waals surface area contributed by atoms with Crippen LogP contribution in [0.2, 0.25) is 5.02 Å². The molecule has 19 heavy (non-hydrogen) atoms. The molecule has 2 aromatic carbocycles. The van der Waals surface area contributed by atoms with Crippen molar-refractivity contribution in [2.75, 3.05) is 0 Å². The minimum absolute atomic E-state index is 0.0274. The molecule has 0 aliphatic carbocycles. The van der Waals surface area contributed by atoms with E-state index in [0.717, 1.165) is 11.1 Å². The normalized spacial score (nSPS) is 10.7. The molecule has 0 fully saturated rings. The smallest absolute Gasteiger partial charge is 0.129 e. The van der Waals surface area contributed by atoms with E-state index < -0.39 is 0 Å². The second-order valence-corrected chi connectivity index (χ2v) is 4.75. The van der Waals surface area contributed by atoms with Gasteiger partial charge in [-0.15, -0.1) is 0 Å². The zero-order valence-corrected chi connectivity index (χ0v) is 11.1. The molecule has 0 heterocycles. The number of hydrogen-bond acceptors (Lipinski definition) is 2. The van der Waals surface area contributed by atoms with Gasteiger partial charge in [0.1, 0.15) is 5.82 Å². The van der Waals surface area contributed by atoms with E-state index in [1.54, 1.807) is 12.1 Å². The number of benzene rings is 2. The molecule has 2 N–H and O–H groups in total. The Kier molecular flexibility index (Phi) is 4.91. The molecule has 4 heteroatoms. The molecule has 100 valence electrons. The van der Waals surface area contributed by atoms with Crippen molar-refractivity contribution >= 4 is 11.6 Å². The molecule has 0 spiro atoms. The van der Waals surface area contributed by atoms with Gasteiger partial charge in [0.25, 0.3) is 0 Å². The first-order valence-corrected chi connectivity index (χ1v) is 6.40. The van der Waals surface area contributed by atoms with E-state index in [9.17, 15) is 4.39 Å². The van der Waals surface area contributed by atoms with Crippen molar-refractivity contribution in [1.29, 1.82) is 0 Å². The molecule has 0 bridgehead atoms. The highest BCUT2D eigenvalue weighted by Gasteiger charge is 2.02. The quantitative estimate of drug-likeness (QED) is 0.880. The third-order valence-electron chi connectivity index (χ3n) is 2.83. The van der Waals surface area contributed by atoms with Crippen LogP contribution >= 0.6 is 11.6 Å². The minimum Gasteiger partial charge on any atom is -0.392 e. The zero-order chi connectivity index (χ0) is 13.7. The van der Waals surface area contributed by atoms with Gasteiger partial charge in [-0.05, 0) is 23.3 Å². The highest BCUT2D eigenvalue weighted by molar-refractivity contribution is 6.30. The van der Waals surface area contributed by atoms with Gasteiger partial charge in [-0.25, -0.2) is 4.39 Å². The van der Waals surface area contributed by atoms with Crippen LogP contribution in [-0.4, -0.2) is 5.11 Å². The average molecular weight is 280 g/mol. The summed E-state index contributed by atoms with van der Waals surface area (Å²) in [5.74, 6) is -0.302. The van der Waals surface area contributed by atoms with E-state index in [1.807, 2.05) is 24.3 Å². The molecular formula is C15H15ClFNO. The first-order chi connectivity index (χ1) is 9.19. The molecule has 0 atom stereocenters. The van der Waals surface area contributed by atoms with Gasteiger partial charge in [0.05, 0.1) is 6.61 Å². The Morgan fingerprint density at radius 3 is 2.58 bits per heavy atom. The van der Waals surface area contributed by atoms with Crippen LogP contribution < -0.4 is 5.32 Å². The second-order valence-electron chi connectivity index (χ2n) is 4.32. The minimum atomic E-state index is -0.302. The van der Waals surface area contributed by atoms with Crippen LogP contribution in [0.25, 0.3) is 0 Å². The summed E-state index contributed by atoms with van der Waals surface area (Å²) in [5, 5.41) is 12.6. The fraction of sp³-hybridized carbons (Fsp3) is 0.200. The van der Waals surface area contributed by atoms with Gasteiger partial charge < -0.3 is 10.4 Å². The zero-order valence-electron chi connectivity index (χ0n) is 10.4. The monoisotopic (exact) mass is 279 g/mol. The van der Waals surface area contributed by atoms with Gasteiger partial charge in [0, 0.05) is 23.7 Å². The first kappa shape index (κ1) is 14.0. The molecule has 0 aliphatic heterocycles. The molecule has 0 saturated heterocycles. The molecule has 0 aromatic heterocycles. The number of hydrogen-bond donors (Lipinski definition) is 2. The van der Waals surface area contributed by atoms with Gasteiger partial charge in [-0.2, -0.15) is 0 Å². The third kappa shape index (κ3) is 4.03. The van der Waals surface area contributed by atoms with Crippen LogP contribution in [0.4, 0.5) is 4.39 Å². The molecule has 0 amide bonds. The maximum atomic E-state index is 13.5. The van der Waals surface area contributed by atoms with Gasteiger partial charge >= 0.3 is 0 Å². The van der Waals surface area contributed by atoms with E-state index >= 15 is 0 Å². The van der Waals surface area contributed by atoms with Crippen molar-refractivity contribution < 1.29 is 9.50 Å². The van der Waals surface area contributed by atoms with Crippen molar-refractivity contribution in [3.8, 4) is 0 Å². The molecule has 0 aliphatic rings. The summed E-state index contributed by atoms with van der Waals surface area (Å²) in [6, 6.07) is 12.3. The lowest BCUT2D eigenvalue weighted by Gasteiger charge is -2.07. The van der Waals surface area contributed by atoms with Gasteiger partial charge in [0.2, 0.25) is 0 Å². The second kappa shape index (κ2) is 6.66.